The Kier molecular flexibility index (Phi) is 5.27. The molecule has 0 aliphatic carbocycles. The summed E-state index contributed by atoms with van der Waals surface area (Å²) in [6, 6.07) is 6.76. The van der Waals surface area contributed by atoms with E-state index in [1.54, 1.807) is 6.07 Å². The molecule has 0 saturated heterocycles. The number of nitrogens with zero attached hydrogens (tertiary/aromatic N) is 2. The summed E-state index contributed by atoms with van der Waals surface area (Å²) in [6.07, 6.45) is 0.287. The Hall–Kier alpha value is -3.23. The molecule has 2 aromatic heterocycles. The summed E-state index contributed by atoms with van der Waals surface area (Å²) in [5, 5.41) is 9.66. The average Bonchev–Trinajstić information content (AvgIpc) is 3.40. The van der Waals surface area contributed by atoms with Crippen molar-refractivity contribution in [1.29, 1.82) is 0 Å². The van der Waals surface area contributed by atoms with Gasteiger partial charge in [0.25, 0.3) is 5.91 Å². The Bertz CT molecular complexity index is 1010. The van der Waals surface area contributed by atoms with Crippen molar-refractivity contribution in [3.63, 3.8) is 0 Å². The van der Waals surface area contributed by atoms with E-state index in [1.165, 1.54) is 18.7 Å². The Labute approximate surface area is 171 Å². The molecule has 3 heterocycles. The molecule has 0 radical (unpaired) electrons. The molecule has 3 aromatic rings. The van der Waals surface area contributed by atoms with Gasteiger partial charge in [-0.25, -0.2) is 4.68 Å². The molecule has 1 aromatic carbocycles. The van der Waals surface area contributed by atoms with E-state index in [4.69, 9.17) is 4.42 Å². The van der Waals surface area contributed by atoms with E-state index in [0.29, 0.717) is 0 Å². The molecule has 0 fully saturated rings. The van der Waals surface area contributed by atoms with Gasteiger partial charge in [-0.15, -0.1) is 0 Å². The minimum atomic E-state index is -4.49. The van der Waals surface area contributed by atoms with Gasteiger partial charge in [-0.3, -0.25) is 4.79 Å². The molecule has 1 aliphatic heterocycles. The van der Waals surface area contributed by atoms with Crippen molar-refractivity contribution in [3.05, 3.63) is 71.3 Å². The highest BCUT2D eigenvalue weighted by Crippen LogP contribution is 2.44. The van der Waals surface area contributed by atoms with Gasteiger partial charge in [0.05, 0.1) is 24.8 Å². The maximum Gasteiger partial charge on any atom is 0.410 e. The van der Waals surface area contributed by atoms with Crippen LogP contribution in [0.3, 0.4) is 0 Å². The van der Waals surface area contributed by atoms with Crippen LogP contribution >= 0.6 is 0 Å². The Morgan fingerprint density at radius 1 is 1.27 bits per heavy atom. The Morgan fingerprint density at radius 2 is 2.03 bits per heavy atom. The van der Waals surface area contributed by atoms with Crippen LogP contribution in [0.1, 0.15) is 52.5 Å². The first-order valence-electron chi connectivity index (χ1n) is 9.65. The smallest absolute Gasteiger partial charge is 0.410 e. The minimum Gasteiger partial charge on any atom is -0.472 e. The molecule has 1 amide bonds. The summed E-state index contributed by atoms with van der Waals surface area (Å²) in [5.74, 6) is -0.439. The summed E-state index contributed by atoms with van der Waals surface area (Å²) < 4.78 is 47.1. The maximum atomic E-state index is 13.8. The number of aryl methyl sites for hydroxylation is 1. The van der Waals surface area contributed by atoms with Crippen LogP contribution in [0.4, 0.5) is 19.0 Å². The van der Waals surface area contributed by atoms with Gasteiger partial charge < -0.3 is 15.1 Å². The van der Waals surface area contributed by atoms with E-state index in [2.05, 4.69) is 15.7 Å². The number of carbonyl (C=O) groups excluding carboxylic acids is 1. The van der Waals surface area contributed by atoms with Crippen molar-refractivity contribution < 1.29 is 22.4 Å². The third kappa shape index (κ3) is 3.92. The van der Waals surface area contributed by atoms with Gasteiger partial charge in [0, 0.05) is 18.5 Å². The monoisotopic (exact) mass is 418 g/mol. The van der Waals surface area contributed by atoms with Crippen molar-refractivity contribution in [3.8, 4) is 0 Å². The first-order chi connectivity index (χ1) is 14.4. The van der Waals surface area contributed by atoms with Gasteiger partial charge in [-0.05, 0) is 23.6 Å². The predicted molar refractivity (Wildman–Crippen MR) is 104 cm³/mol. The standard InChI is InChI=1S/C21H21F3N4O2/c1-2-13-3-5-15(6-4-13)17-9-18(21(22,23)24)28-19(27-17)16(11-26-28)20(29)25-10-14-7-8-30-12-14/h3-8,11-12,17-18,27H,2,9-10H2,1H3,(H,25,29)/t17-,18+/m1/s1. The van der Waals surface area contributed by atoms with E-state index < -0.39 is 24.2 Å². The second-order valence-electron chi connectivity index (χ2n) is 7.25. The highest BCUT2D eigenvalue weighted by atomic mass is 19.4. The van der Waals surface area contributed by atoms with Gasteiger partial charge in [-0.2, -0.15) is 18.3 Å². The lowest BCUT2D eigenvalue weighted by Gasteiger charge is -2.34. The predicted octanol–water partition coefficient (Wildman–Crippen LogP) is 4.63. The highest BCUT2D eigenvalue weighted by Gasteiger charge is 2.47. The number of benzene rings is 1. The van der Waals surface area contributed by atoms with Crippen molar-refractivity contribution in [2.24, 2.45) is 0 Å². The topological polar surface area (TPSA) is 72.1 Å². The number of aromatic nitrogens is 2. The number of carbonyl (C=O) groups is 1. The maximum absolute atomic E-state index is 13.8. The molecule has 158 valence electrons. The van der Waals surface area contributed by atoms with Crippen LogP contribution in [0.25, 0.3) is 0 Å². The van der Waals surface area contributed by atoms with Crippen LogP contribution in [-0.4, -0.2) is 21.9 Å². The number of halogens is 3. The van der Waals surface area contributed by atoms with E-state index in [1.807, 2.05) is 31.2 Å². The normalized spacial score (nSPS) is 18.5. The number of furan rings is 1. The lowest BCUT2D eigenvalue weighted by Crippen LogP contribution is -2.36. The number of hydrogen-bond donors (Lipinski definition) is 2. The third-order valence-corrected chi connectivity index (χ3v) is 5.31. The number of rotatable bonds is 5. The van der Waals surface area contributed by atoms with E-state index in [-0.39, 0.29) is 24.3 Å². The molecule has 4 rings (SSSR count). The van der Waals surface area contributed by atoms with Crippen LogP contribution in [0.2, 0.25) is 0 Å². The van der Waals surface area contributed by atoms with Crippen LogP contribution in [-0.2, 0) is 13.0 Å². The van der Waals surface area contributed by atoms with Gasteiger partial charge >= 0.3 is 6.18 Å². The zero-order valence-corrected chi connectivity index (χ0v) is 16.2. The second kappa shape index (κ2) is 7.89. The molecular formula is C21H21F3N4O2. The number of anilines is 1. The zero-order valence-electron chi connectivity index (χ0n) is 16.2. The molecule has 9 heteroatoms. The molecule has 2 atom stereocenters. The van der Waals surface area contributed by atoms with Crippen LogP contribution in [0.5, 0.6) is 0 Å². The number of alkyl halides is 3. The van der Waals surface area contributed by atoms with Crippen LogP contribution in [0, 0.1) is 0 Å². The van der Waals surface area contributed by atoms with Gasteiger partial charge in [0.2, 0.25) is 0 Å². The van der Waals surface area contributed by atoms with Crippen molar-refractivity contribution >= 4 is 11.7 Å². The summed E-state index contributed by atoms with van der Waals surface area (Å²) >= 11 is 0. The molecule has 30 heavy (non-hydrogen) atoms. The number of nitrogens with one attached hydrogen (secondary N) is 2. The molecule has 0 unspecified atom stereocenters. The quantitative estimate of drug-likeness (QED) is 0.634. The fourth-order valence-electron chi connectivity index (χ4n) is 3.60. The molecule has 6 nitrogen and oxygen atoms in total. The highest BCUT2D eigenvalue weighted by molar-refractivity contribution is 5.98. The lowest BCUT2D eigenvalue weighted by molar-refractivity contribution is -0.173. The largest absolute Gasteiger partial charge is 0.472 e. The molecule has 2 N–H and O–H groups in total. The molecule has 0 saturated carbocycles. The number of hydrogen-bond acceptors (Lipinski definition) is 4. The van der Waals surface area contributed by atoms with Gasteiger partial charge in [-0.1, -0.05) is 31.2 Å². The van der Waals surface area contributed by atoms with Crippen LogP contribution in [0.15, 0.2) is 53.5 Å². The second-order valence-corrected chi connectivity index (χ2v) is 7.25. The first-order valence-corrected chi connectivity index (χ1v) is 9.65. The fraction of sp³-hybridized carbons (Fsp3) is 0.333. The first kappa shape index (κ1) is 20.1. The molecule has 1 aliphatic rings. The van der Waals surface area contributed by atoms with E-state index in [0.717, 1.165) is 27.8 Å². The van der Waals surface area contributed by atoms with Crippen molar-refractivity contribution in [1.82, 2.24) is 15.1 Å². The summed E-state index contributed by atoms with van der Waals surface area (Å²) in [5.41, 5.74) is 2.66. The molecule has 0 spiro atoms. The summed E-state index contributed by atoms with van der Waals surface area (Å²) in [4.78, 5) is 12.6. The number of amides is 1. The lowest BCUT2D eigenvalue weighted by atomic mass is 9.95. The average molecular weight is 418 g/mol. The van der Waals surface area contributed by atoms with Gasteiger partial charge in [0.1, 0.15) is 11.4 Å². The summed E-state index contributed by atoms with van der Waals surface area (Å²) in [6.45, 7) is 2.21. The zero-order chi connectivity index (χ0) is 21.3. The SMILES string of the molecule is CCc1ccc([C@H]2C[C@@H](C(F)(F)F)n3ncc(C(=O)NCc4ccoc4)c3N2)cc1. The van der Waals surface area contributed by atoms with Crippen molar-refractivity contribution in [2.45, 2.75) is 44.6 Å². The minimum absolute atomic E-state index is 0.0674. The van der Waals surface area contributed by atoms with Crippen LogP contribution < -0.4 is 10.6 Å². The summed E-state index contributed by atoms with van der Waals surface area (Å²) in [7, 11) is 0. The number of fused-ring (bicyclic) bond motifs is 1. The van der Waals surface area contributed by atoms with E-state index in [9.17, 15) is 18.0 Å². The molecular weight excluding hydrogens is 397 g/mol. The van der Waals surface area contributed by atoms with E-state index >= 15 is 0 Å². The molecule has 0 bridgehead atoms. The van der Waals surface area contributed by atoms with Gasteiger partial charge in [0.15, 0.2) is 6.04 Å². The fourth-order valence-corrected chi connectivity index (χ4v) is 3.60. The Balaban J connectivity index is 1.63. The van der Waals surface area contributed by atoms with Crippen molar-refractivity contribution in [2.75, 3.05) is 5.32 Å². The Morgan fingerprint density at radius 3 is 2.67 bits per heavy atom. The third-order valence-electron chi connectivity index (χ3n) is 5.31.